The van der Waals surface area contributed by atoms with Crippen molar-refractivity contribution < 1.29 is 17.9 Å². The first-order valence-electron chi connectivity index (χ1n) is 6.95. The van der Waals surface area contributed by atoms with Crippen molar-refractivity contribution in [1.82, 2.24) is 0 Å². The van der Waals surface area contributed by atoms with E-state index in [1.54, 1.807) is 25.1 Å². The second kappa shape index (κ2) is 6.34. The smallest absolute Gasteiger partial charge is 0.340 e. The van der Waals surface area contributed by atoms with Crippen LogP contribution in [0, 0.1) is 0 Å². The molecule has 1 aromatic carbocycles. The van der Waals surface area contributed by atoms with Crippen LogP contribution in [0.4, 0.5) is 11.4 Å². The molecule has 0 amide bonds. The largest absolute Gasteiger partial charge is 0.462 e. The van der Waals surface area contributed by atoms with E-state index in [4.69, 9.17) is 10.5 Å². The lowest BCUT2D eigenvalue weighted by atomic mass is 10.1. The highest BCUT2D eigenvalue weighted by atomic mass is 32.2. The quantitative estimate of drug-likeness (QED) is 0.663. The monoisotopic (exact) mass is 312 g/mol. The van der Waals surface area contributed by atoms with Crippen LogP contribution in [0.3, 0.4) is 0 Å². The number of anilines is 2. The van der Waals surface area contributed by atoms with Crippen LogP contribution in [0.2, 0.25) is 0 Å². The third-order valence-corrected chi connectivity index (χ3v) is 5.13. The third kappa shape index (κ3) is 3.87. The van der Waals surface area contributed by atoms with Gasteiger partial charge in [-0.1, -0.05) is 0 Å². The van der Waals surface area contributed by atoms with Crippen LogP contribution >= 0.6 is 0 Å². The highest BCUT2D eigenvalue weighted by Crippen LogP contribution is 2.25. The lowest BCUT2D eigenvalue weighted by molar-refractivity contribution is 0.0527. The Kier molecular flexibility index (Phi) is 4.72. The molecular weight excluding hydrogens is 292 g/mol. The van der Waals surface area contributed by atoms with Gasteiger partial charge in [-0.15, -0.1) is 0 Å². The molecule has 7 heteroatoms. The molecule has 0 atom stereocenters. The molecule has 1 saturated heterocycles. The summed E-state index contributed by atoms with van der Waals surface area (Å²) in [6.45, 7) is 2.98. The lowest BCUT2D eigenvalue weighted by Gasteiger charge is -2.24. The molecule has 0 bridgehead atoms. The van der Waals surface area contributed by atoms with E-state index >= 15 is 0 Å². The summed E-state index contributed by atoms with van der Waals surface area (Å²) in [5, 5.41) is 0. The van der Waals surface area contributed by atoms with Gasteiger partial charge >= 0.3 is 5.97 Å². The number of rotatable bonds is 3. The summed E-state index contributed by atoms with van der Waals surface area (Å²) in [6, 6.07) is 5.03. The van der Waals surface area contributed by atoms with Gasteiger partial charge in [-0.2, -0.15) is 0 Å². The van der Waals surface area contributed by atoms with Gasteiger partial charge in [0.2, 0.25) is 0 Å². The van der Waals surface area contributed by atoms with Crippen LogP contribution in [0.1, 0.15) is 23.7 Å². The van der Waals surface area contributed by atoms with E-state index in [1.165, 1.54) is 0 Å². The molecule has 6 nitrogen and oxygen atoms in total. The summed E-state index contributed by atoms with van der Waals surface area (Å²) < 4.78 is 28.4. The van der Waals surface area contributed by atoms with Gasteiger partial charge in [0.25, 0.3) is 0 Å². The number of sulfone groups is 1. The molecule has 21 heavy (non-hydrogen) atoms. The van der Waals surface area contributed by atoms with Crippen molar-refractivity contribution in [3.8, 4) is 0 Å². The number of nitrogens with two attached hydrogens (primary N) is 1. The lowest BCUT2D eigenvalue weighted by Crippen LogP contribution is -2.28. The summed E-state index contributed by atoms with van der Waals surface area (Å²) >= 11 is 0. The third-order valence-electron chi connectivity index (χ3n) is 3.41. The molecule has 1 aliphatic rings. The van der Waals surface area contributed by atoms with E-state index < -0.39 is 15.8 Å². The predicted molar refractivity (Wildman–Crippen MR) is 82.3 cm³/mol. The molecule has 0 aromatic heterocycles. The summed E-state index contributed by atoms with van der Waals surface area (Å²) in [5.74, 6) is -0.153. The number of hydrogen-bond acceptors (Lipinski definition) is 6. The number of ether oxygens (including phenoxy) is 1. The topological polar surface area (TPSA) is 89.7 Å². The normalized spacial score (nSPS) is 18.0. The first-order chi connectivity index (χ1) is 9.93. The first kappa shape index (κ1) is 15.6. The summed E-state index contributed by atoms with van der Waals surface area (Å²) in [4.78, 5) is 14.0. The van der Waals surface area contributed by atoms with Crippen molar-refractivity contribution in [2.24, 2.45) is 0 Å². The predicted octanol–water partition coefficient (Wildman–Crippen LogP) is 1.07. The number of nitrogens with zero attached hydrogens (tertiary/aromatic N) is 1. The van der Waals surface area contributed by atoms with Crippen LogP contribution in [0.15, 0.2) is 18.2 Å². The van der Waals surface area contributed by atoms with Crippen LogP contribution in [0.25, 0.3) is 0 Å². The molecule has 0 spiro atoms. The summed E-state index contributed by atoms with van der Waals surface area (Å²) in [7, 11) is -2.99. The highest BCUT2D eigenvalue weighted by Gasteiger charge is 2.23. The Labute approximate surface area is 124 Å². The Morgan fingerprint density at radius 2 is 2.10 bits per heavy atom. The number of carbonyl (C=O) groups excluding carboxylic acids is 1. The minimum absolute atomic E-state index is 0.0969. The second-order valence-corrected chi connectivity index (χ2v) is 7.29. The Morgan fingerprint density at radius 1 is 1.33 bits per heavy atom. The fourth-order valence-electron chi connectivity index (χ4n) is 2.38. The molecule has 2 rings (SSSR count). The van der Waals surface area contributed by atoms with Crippen molar-refractivity contribution in [2.45, 2.75) is 13.3 Å². The van der Waals surface area contributed by atoms with Gasteiger partial charge in [0.05, 0.1) is 29.4 Å². The van der Waals surface area contributed by atoms with Crippen molar-refractivity contribution >= 4 is 27.2 Å². The maximum absolute atomic E-state index is 12.1. The second-order valence-electron chi connectivity index (χ2n) is 4.99. The number of benzene rings is 1. The Morgan fingerprint density at radius 3 is 2.81 bits per heavy atom. The Hall–Kier alpha value is -1.76. The van der Waals surface area contributed by atoms with E-state index in [2.05, 4.69) is 0 Å². The molecule has 116 valence electrons. The number of carbonyl (C=O) groups is 1. The molecule has 1 heterocycles. The summed E-state index contributed by atoms with van der Waals surface area (Å²) in [5.41, 5.74) is 7.28. The minimum atomic E-state index is -2.99. The van der Waals surface area contributed by atoms with Crippen LogP contribution < -0.4 is 10.6 Å². The maximum Gasteiger partial charge on any atom is 0.340 e. The number of hydrogen-bond donors (Lipinski definition) is 1. The molecule has 0 saturated carbocycles. The molecule has 0 radical (unpaired) electrons. The fraction of sp³-hybridized carbons (Fsp3) is 0.500. The molecule has 2 N–H and O–H groups in total. The Bertz CT molecular complexity index is 628. The molecular formula is C14H20N2O4S. The van der Waals surface area contributed by atoms with Crippen LogP contribution in [-0.4, -0.2) is 45.6 Å². The van der Waals surface area contributed by atoms with Gasteiger partial charge in [0, 0.05) is 18.8 Å². The number of nitrogen functional groups attached to an aromatic ring is 1. The molecule has 0 aliphatic carbocycles. The number of esters is 1. The van der Waals surface area contributed by atoms with E-state index in [1.807, 2.05) is 4.90 Å². The zero-order valence-corrected chi connectivity index (χ0v) is 12.9. The maximum atomic E-state index is 12.1. The zero-order chi connectivity index (χ0) is 15.5. The van der Waals surface area contributed by atoms with Crippen molar-refractivity contribution in [3.05, 3.63) is 23.8 Å². The van der Waals surface area contributed by atoms with E-state index in [-0.39, 0.29) is 18.1 Å². The first-order valence-corrected chi connectivity index (χ1v) is 8.77. The van der Waals surface area contributed by atoms with E-state index in [0.717, 1.165) is 0 Å². The van der Waals surface area contributed by atoms with Gasteiger partial charge in [0.1, 0.15) is 0 Å². The molecule has 0 unspecified atom stereocenters. The fourth-order valence-corrected chi connectivity index (χ4v) is 3.65. The van der Waals surface area contributed by atoms with E-state index in [0.29, 0.717) is 36.4 Å². The summed E-state index contributed by atoms with van der Waals surface area (Å²) in [6.07, 6.45) is 0.551. The standard InChI is InChI=1S/C14H20N2O4S/c1-2-20-14(17)12-10-11(15)4-5-13(12)16-6-3-8-21(18,19)9-7-16/h4-5,10H,2-3,6-9,15H2,1H3. The average molecular weight is 312 g/mol. The van der Waals surface area contributed by atoms with Crippen LogP contribution in [-0.2, 0) is 14.6 Å². The highest BCUT2D eigenvalue weighted by molar-refractivity contribution is 7.91. The Balaban J connectivity index is 2.32. The van der Waals surface area contributed by atoms with Crippen molar-refractivity contribution in [3.63, 3.8) is 0 Å². The van der Waals surface area contributed by atoms with Gasteiger partial charge in [-0.25, -0.2) is 13.2 Å². The average Bonchev–Trinajstić information content (AvgIpc) is 2.60. The SMILES string of the molecule is CCOC(=O)c1cc(N)ccc1N1CCCS(=O)(=O)CC1. The molecule has 1 aliphatic heterocycles. The van der Waals surface area contributed by atoms with Gasteiger partial charge in [-0.05, 0) is 31.5 Å². The van der Waals surface area contributed by atoms with Gasteiger partial charge < -0.3 is 15.4 Å². The molecule has 1 aromatic rings. The molecule has 1 fully saturated rings. The van der Waals surface area contributed by atoms with Gasteiger partial charge in [-0.3, -0.25) is 0 Å². The van der Waals surface area contributed by atoms with Gasteiger partial charge in [0.15, 0.2) is 9.84 Å². The minimum Gasteiger partial charge on any atom is -0.462 e. The van der Waals surface area contributed by atoms with Crippen molar-refractivity contribution in [1.29, 1.82) is 0 Å². The van der Waals surface area contributed by atoms with E-state index in [9.17, 15) is 13.2 Å². The van der Waals surface area contributed by atoms with Crippen LogP contribution in [0.5, 0.6) is 0 Å². The zero-order valence-electron chi connectivity index (χ0n) is 12.0. The van der Waals surface area contributed by atoms with Crippen molar-refractivity contribution in [2.75, 3.05) is 41.8 Å².